The molecule has 0 saturated heterocycles. The molecule has 0 amide bonds. The Balaban J connectivity index is 2.17. The van der Waals surface area contributed by atoms with Gasteiger partial charge in [-0.15, -0.1) is 0 Å². The largest absolute Gasteiger partial charge is 0.490 e. The zero-order chi connectivity index (χ0) is 18.2. The van der Waals surface area contributed by atoms with Gasteiger partial charge in [0.2, 0.25) is 0 Å². The molecule has 0 heterocycles. The Labute approximate surface area is 151 Å². The number of benzene rings is 2. The average molecular weight is 362 g/mol. The number of carboxylic acid groups (broad SMARTS) is 1. The van der Waals surface area contributed by atoms with Crippen LogP contribution in [0.3, 0.4) is 0 Å². The Morgan fingerprint density at radius 2 is 2.12 bits per heavy atom. The molecule has 0 aliphatic rings. The summed E-state index contributed by atoms with van der Waals surface area (Å²) in [5, 5.41) is 12.7. The minimum absolute atomic E-state index is 0.228. The maximum absolute atomic E-state index is 11.0. The van der Waals surface area contributed by atoms with Crippen molar-refractivity contribution in [3.05, 3.63) is 65.2 Å². The van der Waals surface area contributed by atoms with E-state index in [2.05, 4.69) is 11.9 Å². The highest BCUT2D eigenvalue weighted by molar-refractivity contribution is 6.32. The van der Waals surface area contributed by atoms with E-state index in [-0.39, 0.29) is 5.56 Å². The van der Waals surface area contributed by atoms with Crippen molar-refractivity contribution in [3.63, 3.8) is 0 Å². The van der Waals surface area contributed by atoms with Gasteiger partial charge in [-0.2, -0.15) is 0 Å². The van der Waals surface area contributed by atoms with Crippen LogP contribution in [0.25, 0.3) is 0 Å². The molecule has 0 spiro atoms. The van der Waals surface area contributed by atoms with E-state index in [0.717, 1.165) is 5.56 Å². The molecule has 0 aromatic heterocycles. The molecule has 2 aromatic carbocycles. The predicted octanol–water partition coefficient (Wildman–Crippen LogP) is 4.61. The third-order valence-electron chi connectivity index (χ3n) is 3.32. The van der Waals surface area contributed by atoms with E-state index in [1.165, 1.54) is 0 Å². The van der Waals surface area contributed by atoms with Gasteiger partial charge in [0.1, 0.15) is 6.61 Å². The van der Waals surface area contributed by atoms with Crippen LogP contribution in [0.2, 0.25) is 5.02 Å². The highest BCUT2D eigenvalue weighted by Gasteiger charge is 2.12. The first-order valence-corrected chi connectivity index (χ1v) is 8.19. The van der Waals surface area contributed by atoms with E-state index in [1.807, 2.05) is 13.0 Å². The maximum Gasteiger partial charge on any atom is 0.335 e. The summed E-state index contributed by atoms with van der Waals surface area (Å²) in [5.41, 5.74) is 1.83. The summed E-state index contributed by atoms with van der Waals surface area (Å²) in [6, 6.07) is 10.3. The molecule has 0 fully saturated rings. The van der Waals surface area contributed by atoms with E-state index < -0.39 is 5.97 Å². The molecule has 5 nitrogen and oxygen atoms in total. The van der Waals surface area contributed by atoms with Gasteiger partial charge < -0.3 is 19.9 Å². The Morgan fingerprint density at radius 3 is 2.80 bits per heavy atom. The van der Waals surface area contributed by atoms with Crippen LogP contribution in [0, 0.1) is 0 Å². The van der Waals surface area contributed by atoms with Gasteiger partial charge in [-0.25, -0.2) is 4.79 Å². The first-order valence-electron chi connectivity index (χ1n) is 7.81. The fraction of sp³-hybridized carbons (Fsp3) is 0.211. The Morgan fingerprint density at radius 1 is 1.32 bits per heavy atom. The monoisotopic (exact) mass is 361 g/mol. The van der Waals surface area contributed by atoms with E-state index >= 15 is 0 Å². The summed E-state index contributed by atoms with van der Waals surface area (Å²) in [6.07, 6.45) is 1.64. The van der Waals surface area contributed by atoms with Gasteiger partial charge >= 0.3 is 5.97 Å². The zero-order valence-corrected chi connectivity index (χ0v) is 14.7. The van der Waals surface area contributed by atoms with Crippen LogP contribution in [0.5, 0.6) is 11.5 Å². The van der Waals surface area contributed by atoms with Crippen LogP contribution < -0.4 is 14.8 Å². The van der Waals surface area contributed by atoms with Gasteiger partial charge in [0.15, 0.2) is 11.5 Å². The van der Waals surface area contributed by atoms with Crippen LogP contribution in [-0.2, 0) is 6.54 Å². The number of hydrogen-bond donors (Lipinski definition) is 2. The number of ether oxygens (including phenoxy) is 2. The number of halogens is 1. The van der Waals surface area contributed by atoms with E-state index in [0.29, 0.717) is 42.0 Å². The summed E-state index contributed by atoms with van der Waals surface area (Å²) < 4.78 is 11.2. The average Bonchev–Trinajstić information content (AvgIpc) is 2.60. The molecule has 2 N–H and O–H groups in total. The number of anilines is 1. The smallest absolute Gasteiger partial charge is 0.335 e. The molecular formula is C19H20ClNO4. The molecule has 2 aromatic rings. The fourth-order valence-corrected chi connectivity index (χ4v) is 2.52. The normalized spacial score (nSPS) is 10.2. The van der Waals surface area contributed by atoms with Crippen molar-refractivity contribution >= 4 is 23.3 Å². The maximum atomic E-state index is 11.0. The Kier molecular flexibility index (Phi) is 6.71. The minimum Gasteiger partial charge on any atom is -0.490 e. The van der Waals surface area contributed by atoms with Crippen LogP contribution in [0.1, 0.15) is 22.8 Å². The standard InChI is InChI=1S/C19H20ClNO4/c1-3-8-25-18-16(20)9-13(10-17(18)24-4-2)12-21-15-7-5-6-14(11-15)19(22)23/h3,5-7,9-11,21H,1,4,8,12H2,2H3,(H,22,23). The molecule has 0 saturated carbocycles. The van der Waals surface area contributed by atoms with Crippen molar-refractivity contribution in [3.8, 4) is 11.5 Å². The number of carbonyl (C=O) groups is 1. The van der Waals surface area contributed by atoms with E-state index in [1.54, 1.807) is 36.4 Å². The molecule has 0 radical (unpaired) electrons. The molecule has 25 heavy (non-hydrogen) atoms. The number of carboxylic acids is 1. The summed E-state index contributed by atoms with van der Waals surface area (Å²) >= 11 is 6.31. The topological polar surface area (TPSA) is 67.8 Å². The highest BCUT2D eigenvalue weighted by atomic mass is 35.5. The van der Waals surface area contributed by atoms with Crippen molar-refractivity contribution < 1.29 is 19.4 Å². The Bertz CT molecular complexity index is 761. The number of aromatic carboxylic acids is 1. The summed E-state index contributed by atoms with van der Waals surface area (Å²) in [5.74, 6) is 0.0852. The lowest BCUT2D eigenvalue weighted by Gasteiger charge is -2.15. The van der Waals surface area contributed by atoms with Gasteiger partial charge in [0.25, 0.3) is 0 Å². The summed E-state index contributed by atoms with van der Waals surface area (Å²) in [6.45, 7) is 6.78. The lowest BCUT2D eigenvalue weighted by Crippen LogP contribution is -2.04. The number of rotatable bonds is 9. The molecule has 0 aliphatic heterocycles. The SMILES string of the molecule is C=CCOc1c(Cl)cc(CNc2cccc(C(=O)O)c2)cc1OCC. The van der Waals surface area contributed by atoms with Crippen molar-refractivity contribution in [2.45, 2.75) is 13.5 Å². The quantitative estimate of drug-likeness (QED) is 0.638. The molecule has 6 heteroatoms. The number of nitrogens with one attached hydrogen (secondary N) is 1. The van der Waals surface area contributed by atoms with Gasteiger partial charge in [-0.05, 0) is 42.8 Å². The molecule has 132 valence electrons. The molecule has 0 atom stereocenters. The summed E-state index contributed by atoms with van der Waals surface area (Å²) in [4.78, 5) is 11.0. The predicted molar refractivity (Wildman–Crippen MR) is 99.0 cm³/mol. The first-order chi connectivity index (χ1) is 12.0. The van der Waals surface area contributed by atoms with Gasteiger partial charge in [0, 0.05) is 12.2 Å². The summed E-state index contributed by atoms with van der Waals surface area (Å²) in [7, 11) is 0. The molecule has 2 rings (SSSR count). The third kappa shape index (κ3) is 5.16. The second-order valence-electron chi connectivity index (χ2n) is 5.18. The second-order valence-corrected chi connectivity index (χ2v) is 5.58. The Hall–Kier alpha value is -2.66. The van der Waals surface area contributed by atoms with Crippen LogP contribution in [0.15, 0.2) is 49.1 Å². The second kappa shape index (κ2) is 8.99. The first kappa shape index (κ1) is 18.7. The van der Waals surface area contributed by atoms with E-state index in [9.17, 15) is 4.79 Å². The minimum atomic E-state index is -0.964. The van der Waals surface area contributed by atoms with Crippen molar-refractivity contribution in [2.75, 3.05) is 18.5 Å². The van der Waals surface area contributed by atoms with E-state index in [4.69, 9.17) is 26.2 Å². The fourth-order valence-electron chi connectivity index (χ4n) is 2.24. The van der Waals surface area contributed by atoms with Crippen LogP contribution in [-0.4, -0.2) is 24.3 Å². The third-order valence-corrected chi connectivity index (χ3v) is 3.60. The molecule has 0 aliphatic carbocycles. The number of hydrogen-bond acceptors (Lipinski definition) is 4. The molecule has 0 bridgehead atoms. The van der Waals surface area contributed by atoms with Crippen molar-refractivity contribution in [1.29, 1.82) is 0 Å². The lowest BCUT2D eigenvalue weighted by molar-refractivity contribution is 0.0697. The zero-order valence-electron chi connectivity index (χ0n) is 13.9. The van der Waals surface area contributed by atoms with Gasteiger partial charge in [-0.3, -0.25) is 0 Å². The van der Waals surface area contributed by atoms with Gasteiger partial charge in [-0.1, -0.05) is 30.3 Å². The van der Waals surface area contributed by atoms with Crippen LogP contribution >= 0.6 is 11.6 Å². The van der Waals surface area contributed by atoms with Gasteiger partial charge in [0.05, 0.1) is 17.2 Å². The molecular weight excluding hydrogens is 342 g/mol. The lowest BCUT2D eigenvalue weighted by atomic mass is 10.1. The highest BCUT2D eigenvalue weighted by Crippen LogP contribution is 2.37. The molecule has 0 unspecified atom stereocenters. The van der Waals surface area contributed by atoms with Crippen LogP contribution in [0.4, 0.5) is 5.69 Å². The van der Waals surface area contributed by atoms with Crippen molar-refractivity contribution in [2.24, 2.45) is 0 Å². The van der Waals surface area contributed by atoms with Crippen molar-refractivity contribution in [1.82, 2.24) is 0 Å².